The molecular formula is C14H10Cl3NOS. The molecule has 0 unspecified atom stereocenters. The topological polar surface area (TPSA) is 29.1 Å². The highest BCUT2D eigenvalue weighted by atomic mass is 35.5. The molecular weight excluding hydrogens is 337 g/mol. The van der Waals surface area contributed by atoms with Crippen LogP contribution in [-0.4, -0.2) is 11.7 Å². The van der Waals surface area contributed by atoms with Crippen LogP contribution in [0.15, 0.2) is 47.4 Å². The molecule has 0 saturated heterocycles. The zero-order chi connectivity index (χ0) is 14.5. The van der Waals surface area contributed by atoms with Gasteiger partial charge in [-0.2, -0.15) is 0 Å². The minimum Gasteiger partial charge on any atom is -0.325 e. The Morgan fingerprint density at radius 2 is 1.65 bits per heavy atom. The second-order valence-electron chi connectivity index (χ2n) is 3.92. The number of thioether (sulfide) groups is 1. The molecule has 2 aromatic carbocycles. The first-order valence-electron chi connectivity index (χ1n) is 5.68. The van der Waals surface area contributed by atoms with Gasteiger partial charge in [0.1, 0.15) is 0 Å². The second kappa shape index (κ2) is 7.23. The number of carbonyl (C=O) groups excluding carboxylic acids is 1. The van der Waals surface area contributed by atoms with Crippen molar-refractivity contribution in [1.82, 2.24) is 0 Å². The van der Waals surface area contributed by atoms with Gasteiger partial charge >= 0.3 is 0 Å². The number of carbonyl (C=O) groups is 1. The summed E-state index contributed by atoms with van der Waals surface area (Å²) < 4.78 is 0. The lowest BCUT2D eigenvalue weighted by molar-refractivity contribution is -0.113. The summed E-state index contributed by atoms with van der Waals surface area (Å²) in [6, 6.07) is 12.1. The summed E-state index contributed by atoms with van der Waals surface area (Å²) in [4.78, 5) is 12.6. The number of nitrogens with one attached hydrogen (secondary N) is 1. The van der Waals surface area contributed by atoms with Crippen molar-refractivity contribution < 1.29 is 4.79 Å². The van der Waals surface area contributed by atoms with Gasteiger partial charge in [0.15, 0.2) is 0 Å². The molecule has 0 heterocycles. The van der Waals surface area contributed by atoms with Gasteiger partial charge in [0.25, 0.3) is 0 Å². The van der Waals surface area contributed by atoms with Crippen LogP contribution in [-0.2, 0) is 4.79 Å². The van der Waals surface area contributed by atoms with Gasteiger partial charge < -0.3 is 5.32 Å². The highest BCUT2D eigenvalue weighted by Crippen LogP contribution is 2.29. The van der Waals surface area contributed by atoms with E-state index in [0.717, 1.165) is 4.90 Å². The molecule has 0 saturated carbocycles. The third kappa shape index (κ3) is 4.60. The summed E-state index contributed by atoms with van der Waals surface area (Å²) >= 11 is 19.0. The van der Waals surface area contributed by atoms with Gasteiger partial charge in [0.05, 0.1) is 10.8 Å². The quantitative estimate of drug-likeness (QED) is 0.753. The third-order valence-electron chi connectivity index (χ3n) is 2.38. The first-order valence-corrected chi connectivity index (χ1v) is 7.80. The Bertz CT molecular complexity index is 616. The Morgan fingerprint density at radius 3 is 2.35 bits per heavy atom. The van der Waals surface area contributed by atoms with Crippen molar-refractivity contribution >= 4 is 58.2 Å². The molecule has 1 N–H and O–H groups in total. The highest BCUT2D eigenvalue weighted by Gasteiger charge is 2.07. The van der Waals surface area contributed by atoms with E-state index in [0.29, 0.717) is 20.8 Å². The summed E-state index contributed by atoms with van der Waals surface area (Å²) in [7, 11) is 0. The van der Waals surface area contributed by atoms with Crippen LogP contribution >= 0.6 is 46.6 Å². The second-order valence-corrected chi connectivity index (χ2v) is 6.22. The van der Waals surface area contributed by atoms with E-state index in [1.807, 2.05) is 0 Å². The monoisotopic (exact) mass is 345 g/mol. The molecule has 0 fully saturated rings. The van der Waals surface area contributed by atoms with Crippen molar-refractivity contribution in [3.05, 3.63) is 57.5 Å². The van der Waals surface area contributed by atoms with Crippen LogP contribution in [0, 0.1) is 0 Å². The zero-order valence-electron chi connectivity index (χ0n) is 10.2. The number of halogens is 3. The van der Waals surface area contributed by atoms with Crippen molar-refractivity contribution in [3.8, 4) is 0 Å². The minimum atomic E-state index is -0.117. The lowest BCUT2D eigenvalue weighted by Crippen LogP contribution is -2.13. The number of hydrogen-bond acceptors (Lipinski definition) is 2. The standard InChI is InChI=1S/C14H10Cl3NOS/c15-9-1-4-11(5-2-9)18-14(19)8-20-13-7-10(16)3-6-12(13)17/h1-7H,8H2,(H,18,19). The molecule has 0 spiro atoms. The van der Waals surface area contributed by atoms with Crippen molar-refractivity contribution in [1.29, 1.82) is 0 Å². The minimum absolute atomic E-state index is 0.117. The lowest BCUT2D eigenvalue weighted by atomic mass is 10.3. The molecule has 1 amide bonds. The first kappa shape index (κ1) is 15.5. The number of benzene rings is 2. The fourth-order valence-electron chi connectivity index (χ4n) is 1.46. The Kier molecular flexibility index (Phi) is 5.61. The number of rotatable bonds is 4. The Morgan fingerprint density at radius 1 is 1.00 bits per heavy atom. The molecule has 0 aliphatic rings. The normalized spacial score (nSPS) is 10.3. The van der Waals surface area contributed by atoms with Crippen LogP contribution < -0.4 is 5.32 Å². The van der Waals surface area contributed by atoms with Gasteiger partial charge in [0.2, 0.25) is 5.91 Å². The van der Waals surface area contributed by atoms with E-state index >= 15 is 0 Å². The van der Waals surface area contributed by atoms with Crippen molar-refractivity contribution in [2.75, 3.05) is 11.1 Å². The number of amides is 1. The van der Waals surface area contributed by atoms with Gasteiger partial charge in [-0.05, 0) is 42.5 Å². The molecule has 2 aromatic rings. The SMILES string of the molecule is O=C(CSc1cc(Cl)ccc1Cl)Nc1ccc(Cl)cc1. The van der Waals surface area contributed by atoms with Gasteiger partial charge in [-0.3, -0.25) is 4.79 Å². The molecule has 0 radical (unpaired) electrons. The molecule has 0 aliphatic carbocycles. The van der Waals surface area contributed by atoms with Gasteiger partial charge in [-0.1, -0.05) is 34.8 Å². The molecule has 2 nitrogen and oxygen atoms in total. The van der Waals surface area contributed by atoms with Crippen LogP contribution in [0.4, 0.5) is 5.69 Å². The first-order chi connectivity index (χ1) is 9.54. The Balaban J connectivity index is 1.92. The molecule has 0 aliphatic heterocycles. The summed E-state index contributed by atoms with van der Waals surface area (Å²) in [5.41, 5.74) is 0.706. The van der Waals surface area contributed by atoms with E-state index in [9.17, 15) is 4.79 Å². The van der Waals surface area contributed by atoms with Crippen molar-refractivity contribution in [2.24, 2.45) is 0 Å². The van der Waals surface area contributed by atoms with Gasteiger partial charge in [-0.15, -0.1) is 11.8 Å². The van der Waals surface area contributed by atoms with Crippen LogP contribution in [0.3, 0.4) is 0 Å². The number of anilines is 1. The Labute approximate surface area is 136 Å². The average Bonchev–Trinajstić information content (AvgIpc) is 2.42. The third-order valence-corrected chi connectivity index (χ3v) is 4.36. The van der Waals surface area contributed by atoms with Crippen LogP contribution in [0.2, 0.25) is 15.1 Å². The molecule has 20 heavy (non-hydrogen) atoms. The van der Waals surface area contributed by atoms with Gasteiger partial charge in [0, 0.05) is 20.6 Å². The summed E-state index contributed by atoms with van der Waals surface area (Å²) in [6.45, 7) is 0. The molecule has 0 aromatic heterocycles. The average molecular weight is 347 g/mol. The maximum absolute atomic E-state index is 11.8. The van der Waals surface area contributed by atoms with Crippen molar-refractivity contribution in [3.63, 3.8) is 0 Å². The van der Waals surface area contributed by atoms with E-state index in [1.165, 1.54) is 11.8 Å². The molecule has 0 atom stereocenters. The zero-order valence-corrected chi connectivity index (χ0v) is 13.3. The fraction of sp³-hybridized carbons (Fsp3) is 0.0714. The molecule has 2 rings (SSSR count). The van der Waals surface area contributed by atoms with Crippen LogP contribution in [0.1, 0.15) is 0 Å². The van der Waals surface area contributed by atoms with Gasteiger partial charge in [-0.25, -0.2) is 0 Å². The van der Waals surface area contributed by atoms with Crippen molar-refractivity contribution in [2.45, 2.75) is 4.90 Å². The van der Waals surface area contributed by atoms with E-state index in [2.05, 4.69) is 5.32 Å². The summed E-state index contributed by atoms with van der Waals surface area (Å²) in [6.07, 6.45) is 0. The Hall–Kier alpha value is -0.870. The van der Waals surface area contributed by atoms with Crippen LogP contribution in [0.5, 0.6) is 0 Å². The van der Waals surface area contributed by atoms with E-state index in [1.54, 1.807) is 42.5 Å². The fourth-order valence-corrected chi connectivity index (χ4v) is 2.88. The molecule has 6 heteroatoms. The number of hydrogen-bond donors (Lipinski definition) is 1. The van der Waals surface area contributed by atoms with E-state index in [-0.39, 0.29) is 11.7 Å². The van der Waals surface area contributed by atoms with E-state index < -0.39 is 0 Å². The molecule has 104 valence electrons. The highest BCUT2D eigenvalue weighted by molar-refractivity contribution is 8.00. The van der Waals surface area contributed by atoms with E-state index in [4.69, 9.17) is 34.8 Å². The predicted octanol–water partition coefficient (Wildman–Crippen LogP) is 5.38. The maximum atomic E-state index is 11.8. The molecule has 0 bridgehead atoms. The largest absolute Gasteiger partial charge is 0.325 e. The maximum Gasteiger partial charge on any atom is 0.234 e. The van der Waals surface area contributed by atoms with Crippen LogP contribution in [0.25, 0.3) is 0 Å². The summed E-state index contributed by atoms with van der Waals surface area (Å²) in [5, 5.41) is 4.58. The smallest absolute Gasteiger partial charge is 0.234 e. The lowest BCUT2D eigenvalue weighted by Gasteiger charge is -2.06. The predicted molar refractivity (Wildman–Crippen MR) is 87.3 cm³/mol. The summed E-state index contributed by atoms with van der Waals surface area (Å²) in [5.74, 6) is 0.135.